The fraction of sp³-hybridized carbons (Fsp3) is 0.0526. The van der Waals surface area contributed by atoms with E-state index in [0.29, 0.717) is 0 Å². The maximum absolute atomic E-state index is 7.01. The first-order valence-electron chi connectivity index (χ1n) is 20.9. The van der Waals surface area contributed by atoms with Gasteiger partial charge in [0.2, 0.25) is 0 Å². The molecule has 4 heteroatoms. The van der Waals surface area contributed by atoms with Crippen molar-refractivity contribution in [2.45, 2.75) is 19.3 Å². The molecule has 0 radical (unpaired) electrons. The van der Waals surface area contributed by atoms with Gasteiger partial charge in [0.05, 0.1) is 5.69 Å². The normalized spacial score (nSPS) is 13.2. The highest BCUT2D eigenvalue weighted by Crippen LogP contribution is 2.52. The van der Waals surface area contributed by atoms with E-state index in [2.05, 4.69) is 189 Å². The van der Waals surface area contributed by atoms with Crippen LogP contribution < -0.4 is 4.90 Å². The van der Waals surface area contributed by atoms with Crippen molar-refractivity contribution in [3.63, 3.8) is 0 Å². The number of anilines is 3. The zero-order valence-electron chi connectivity index (χ0n) is 33.6. The Morgan fingerprint density at radius 3 is 1.62 bits per heavy atom. The van der Waals surface area contributed by atoms with Crippen LogP contribution in [0.5, 0.6) is 0 Å². The van der Waals surface area contributed by atoms with Crippen LogP contribution in [0.2, 0.25) is 0 Å². The van der Waals surface area contributed by atoms with E-state index in [1.165, 1.54) is 22.3 Å². The minimum atomic E-state index is -0.161. The molecule has 0 saturated heterocycles. The fourth-order valence-corrected chi connectivity index (χ4v) is 10.1. The fourth-order valence-electron chi connectivity index (χ4n) is 10.1. The van der Waals surface area contributed by atoms with Crippen LogP contribution in [0.25, 0.3) is 99.2 Å². The van der Waals surface area contributed by atoms with E-state index in [4.69, 9.17) is 13.3 Å². The lowest BCUT2D eigenvalue weighted by Gasteiger charge is -2.28. The Morgan fingerprint density at radius 2 is 0.869 bits per heavy atom. The average molecular weight is 784 g/mol. The molecule has 0 atom stereocenters. The highest BCUT2D eigenvalue weighted by molar-refractivity contribution is 6.18. The minimum absolute atomic E-state index is 0.161. The molecule has 9 aromatic carbocycles. The number of para-hydroxylation sites is 4. The van der Waals surface area contributed by atoms with E-state index in [0.717, 1.165) is 105 Å². The molecule has 13 rings (SSSR count). The number of hydrogen-bond acceptors (Lipinski definition) is 4. The van der Waals surface area contributed by atoms with Gasteiger partial charge < -0.3 is 18.2 Å². The second kappa shape index (κ2) is 12.6. The molecule has 0 amide bonds. The van der Waals surface area contributed by atoms with Crippen LogP contribution in [0.3, 0.4) is 0 Å². The molecular formula is C57H37NO3. The maximum Gasteiger partial charge on any atom is 0.159 e. The quantitative estimate of drug-likeness (QED) is 0.174. The standard InChI is InChI=1S/C57H37NO3/c1-57(2)48-22-8-6-15-40(48)41-30-29-37(31-49(41)57)58(36-27-25-35(26-28-36)39-18-10-19-43-42-16-7-9-24-51(42)59-54(39)43)50-23-12-21-45-47-33-52-46(32-53(47)61-56(45)50)44-20-11-17-38(55(44)60-52)34-13-4-3-5-14-34/h3-33H,1-2H3. The average Bonchev–Trinajstić information content (AvgIpc) is 4.04. The van der Waals surface area contributed by atoms with Crippen LogP contribution in [-0.4, -0.2) is 0 Å². The summed E-state index contributed by atoms with van der Waals surface area (Å²) in [5.74, 6) is 0. The Balaban J connectivity index is 0.995. The molecule has 61 heavy (non-hydrogen) atoms. The lowest BCUT2D eigenvalue weighted by atomic mass is 9.82. The van der Waals surface area contributed by atoms with Gasteiger partial charge in [0.15, 0.2) is 5.58 Å². The molecule has 0 spiro atoms. The van der Waals surface area contributed by atoms with Crippen molar-refractivity contribution < 1.29 is 13.3 Å². The molecule has 3 heterocycles. The summed E-state index contributed by atoms with van der Waals surface area (Å²) >= 11 is 0. The molecule has 12 aromatic rings. The van der Waals surface area contributed by atoms with Crippen LogP contribution in [0.1, 0.15) is 25.0 Å². The molecule has 1 aliphatic carbocycles. The zero-order chi connectivity index (χ0) is 40.4. The van der Waals surface area contributed by atoms with Crippen molar-refractivity contribution in [1.29, 1.82) is 0 Å². The molecule has 288 valence electrons. The van der Waals surface area contributed by atoms with E-state index in [-0.39, 0.29) is 5.41 Å². The van der Waals surface area contributed by atoms with Crippen molar-refractivity contribution in [1.82, 2.24) is 0 Å². The maximum atomic E-state index is 7.01. The molecular weight excluding hydrogens is 747 g/mol. The first-order chi connectivity index (χ1) is 30.0. The lowest BCUT2D eigenvalue weighted by Crippen LogP contribution is -2.16. The highest BCUT2D eigenvalue weighted by atomic mass is 16.3. The van der Waals surface area contributed by atoms with Crippen molar-refractivity contribution >= 4 is 82.9 Å². The zero-order valence-corrected chi connectivity index (χ0v) is 33.6. The largest absolute Gasteiger partial charge is 0.455 e. The summed E-state index contributed by atoms with van der Waals surface area (Å²) in [6, 6.07) is 66.8. The van der Waals surface area contributed by atoms with E-state index in [1.807, 2.05) is 18.2 Å². The molecule has 1 aliphatic rings. The van der Waals surface area contributed by atoms with Gasteiger partial charge in [0, 0.05) is 60.2 Å². The van der Waals surface area contributed by atoms with Crippen LogP contribution in [-0.2, 0) is 5.41 Å². The van der Waals surface area contributed by atoms with Crippen LogP contribution in [0.4, 0.5) is 17.1 Å². The third-order valence-electron chi connectivity index (χ3n) is 13.1. The Bertz CT molecular complexity index is 3730. The number of hydrogen-bond donors (Lipinski definition) is 0. The Hall–Kier alpha value is -7.82. The van der Waals surface area contributed by atoms with E-state index in [9.17, 15) is 0 Å². The van der Waals surface area contributed by atoms with E-state index >= 15 is 0 Å². The molecule has 0 fully saturated rings. The van der Waals surface area contributed by atoms with E-state index in [1.54, 1.807) is 0 Å². The van der Waals surface area contributed by atoms with Crippen LogP contribution in [0, 0.1) is 0 Å². The predicted octanol–water partition coefficient (Wildman–Crippen LogP) is 16.5. The topological polar surface area (TPSA) is 42.7 Å². The molecule has 0 N–H and O–H groups in total. The van der Waals surface area contributed by atoms with Crippen LogP contribution >= 0.6 is 0 Å². The number of rotatable bonds is 5. The summed E-state index contributed by atoms with van der Waals surface area (Å²) in [6.07, 6.45) is 0. The van der Waals surface area contributed by atoms with Crippen molar-refractivity contribution in [2.75, 3.05) is 4.90 Å². The summed E-state index contributed by atoms with van der Waals surface area (Å²) in [7, 11) is 0. The van der Waals surface area contributed by atoms with Crippen molar-refractivity contribution in [3.05, 3.63) is 199 Å². The Kier molecular flexibility index (Phi) is 7.04. The molecule has 0 unspecified atom stereocenters. The van der Waals surface area contributed by atoms with Gasteiger partial charge in [-0.3, -0.25) is 0 Å². The third kappa shape index (κ3) is 4.93. The van der Waals surface area contributed by atoms with Crippen molar-refractivity contribution in [2.24, 2.45) is 0 Å². The van der Waals surface area contributed by atoms with Gasteiger partial charge in [-0.1, -0.05) is 153 Å². The number of furan rings is 3. The number of benzene rings is 9. The second-order valence-electron chi connectivity index (χ2n) is 16.8. The SMILES string of the molecule is CC1(C)c2ccccc2-c2ccc(N(c3ccc(-c4cccc5c4oc4ccccc45)cc3)c3cccc4c3oc3cc5c(cc34)oc3c(-c4ccccc4)cccc35)cc21. The van der Waals surface area contributed by atoms with Gasteiger partial charge in [-0.2, -0.15) is 0 Å². The van der Waals surface area contributed by atoms with Crippen LogP contribution in [0.15, 0.2) is 201 Å². The highest BCUT2D eigenvalue weighted by Gasteiger charge is 2.36. The van der Waals surface area contributed by atoms with Gasteiger partial charge in [0.25, 0.3) is 0 Å². The molecule has 3 aromatic heterocycles. The summed E-state index contributed by atoms with van der Waals surface area (Å²) in [5, 5.41) is 6.40. The molecule has 0 aliphatic heterocycles. The number of nitrogens with zero attached hydrogens (tertiary/aromatic N) is 1. The molecule has 0 saturated carbocycles. The van der Waals surface area contributed by atoms with Crippen molar-refractivity contribution in [3.8, 4) is 33.4 Å². The Labute approximate surface area is 351 Å². The smallest absolute Gasteiger partial charge is 0.159 e. The van der Waals surface area contributed by atoms with Gasteiger partial charge in [-0.05, 0) is 81.9 Å². The second-order valence-corrected chi connectivity index (χ2v) is 16.8. The van der Waals surface area contributed by atoms with Gasteiger partial charge >= 0.3 is 0 Å². The molecule has 4 nitrogen and oxygen atoms in total. The summed E-state index contributed by atoms with van der Waals surface area (Å²) in [4.78, 5) is 2.35. The van der Waals surface area contributed by atoms with Gasteiger partial charge in [0.1, 0.15) is 27.9 Å². The third-order valence-corrected chi connectivity index (χ3v) is 13.1. The minimum Gasteiger partial charge on any atom is -0.455 e. The predicted molar refractivity (Wildman–Crippen MR) is 251 cm³/mol. The Morgan fingerprint density at radius 1 is 0.344 bits per heavy atom. The summed E-state index contributed by atoms with van der Waals surface area (Å²) in [6.45, 7) is 4.67. The monoisotopic (exact) mass is 783 g/mol. The van der Waals surface area contributed by atoms with Gasteiger partial charge in [-0.15, -0.1) is 0 Å². The lowest BCUT2D eigenvalue weighted by molar-refractivity contribution is 0.660. The van der Waals surface area contributed by atoms with Gasteiger partial charge in [-0.25, -0.2) is 0 Å². The molecule has 0 bridgehead atoms. The first kappa shape index (κ1) is 34.1. The first-order valence-corrected chi connectivity index (χ1v) is 20.9. The van der Waals surface area contributed by atoms with E-state index < -0.39 is 0 Å². The summed E-state index contributed by atoms with van der Waals surface area (Å²) in [5.41, 5.74) is 17.6. The summed E-state index contributed by atoms with van der Waals surface area (Å²) < 4.78 is 20.2. The number of fused-ring (bicyclic) bond motifs is 12.